The molecule has 2 aliphatic rings. The third-order valence-corrected chi connectivity index (χ3v) is 5.71. The van der Waals surface area contributed by atoms with Gasteiger partial charge in [-0.25, -0.2) is 9.97 Å². The number of hydrogen-bond acceptors (Lipinski definition) is 8. The fourth-order valence-electron chi connectivity index (χ4n) is 4.11. The Labute approximate surface area is 175 Å². The number of ketones is 1. The van der Waals surface area contributed by atoms with Crippen molar-refractivity contribution in [3.05, 3.63) is 35.2 Å². The van der Waals surface area contributed by atoms with Gasteiger partial charge in [-0.05, 0) is 42.9 Å². The Morgan fingerprint density at radius 3 is 2.53 bits per heavy atom. The first-order valence-electron chi connectivity index (χ1n) is 10.2. The lowest BCUT2D eigenvalue weighted by molar-refractivity contribution is 0.0962. The highest BCUT2D eigenvalue weighted by Gasteiger charge is 2.30. The minimum absolute atomic E-state index is 0.0281. The maximum atomic E-state index is 12.8. The van der Waals surface area contributed by atoms with E-state index in [1.165, 1.54) is 0 Å². The first kappa shape index (κ1) is 20.4. The van der Waals surface area contributed by atoms with Crippen molar-refractivity contribution >= 4 is 11.7 Å². The van der Waals surface area contributed by atoms with Crippen LogP contribution in [0.5, 0.6) is 17.2 Å². The van der Waals surface area contributed by atoms with Gasteiger partial charge in [0, 0.05) is 25.8 Å². The molecule has 0 amide bonds. The maximum Gasteiger partial charge on any atom is 0.222 e. The molecule has 0 spiro atoms. The van der Waals surface area contributed by atoms with Crippen molar-refractivity contribution in [2.45, 2.75) is 37.7 Å². The standard InChI is InChI=1S/C22H27N3O5/c1-27-19-9-14(10-20(28-2)21(19)29-3)13-7-17-16(18(26)8-13)12-24-22(25-17)23-11-15-5-4-6-30-15/h9-10,12-13,15H,4-8,11H2,1-3H3,(H,23,24,25). The zero-order valence-electron chi connectivity index (χ0n) is 17.6. The second-order valence-electron chi connectivity index (χ2n) is 7.56. The molecule has 1 fully saturated rings. The molecule has 0 saturated carbocycles. The molecule has 0 radical (unpaired) electrons. The summed E-state index contributed by atoms with van der Waals surface area (Å²) in [4.78, 5) is 21.7. The second-order valence-corrected chi connectivity index (χ2v) is 7.56. The zero-order chi connectivity index (χ0) is 21.1. The molecule has 1 aliphatic carbocycles. The number of ether oxygens (including phenoxy) is 4. The summed E-state index contributed by atoms with van der Waals surface area (Å²) in [5.74, 6) is 2.23. The average molecular weight is 413 g/mol. The lowest BCUT2D eigenvalue weighted by Gasteiger charge is -2.25. The molecule has 30 heavy (non-hydrogen) atoms. The summed E-state index contributed by atoms with van der Waals surface area (Å²) in [5.41, 5.74) is 2.31. The Balaban J connectivity index is 1.57. The van der Waals surface area contributed by atoms with Crippen LogP contribution in [0.3, 0.4) is 0 Å². The summed E-state index contributed by atoms with van der Waals surface area (Å²) in [7, 11) is 4.74. The molecule has 2 heterocycles. The third kappa shape index (κ3) is 4.05. The predicted molar refractivity (Wildman–Crippen MR) is 111 cm³/mol. The number of fused-ring (bicyclic) bond motifs is 1. The minimum Gasteiger partial charge on any atom is -0.493 e. The van der Waals surface area contributed by atoms with E-state index in [9.17, 15) is 4.79 Å². The van der Waals surface area contributed by atoms with Crippen LogP contribution in [0.25, 0.3) is 0 Å². The number of Topliss-reactive ketones (excluding diaryl/α,β-unsaturated/α-hetero) is 1. The monoisotopic (exact) mass is 413 g/mol. The van der Waals surface area contributed by atoms with E-state index in [1.807, 2.05) is 12.1 Å². The summed E-state index contributed by atoms with van der Waals surface area (Å²) < 4.78 is 22.0. The first-order chi connectivity index (χ1) is 14.6. The van der Waals surface area contributed by atoms with Gasteiger partial charge in [0.2, 0.25) is 11.7 Å². The predicted octanol–water partition coefficient (Wildman–Crippen LogP) is 3.01. The quantitative estimate of drug-likeness (QED) is 0.741. The SMILES string of the molecule is COc1cc(C2CC(=O)c3cnc(NCC4CCCO4)nc3C2)cc(OC)c1OC. The van der Waals surface area contributed by atoms with Gasteiger partial charge in [0.05, 0.1) is 38.7 Å². The highest BCUT2D eigenvalue weighted by molar-refractivity contribution is 5.98. The molecule has 0 bridgehead atoms. The number of aromatic nitrogens is 2. The molecule has 8 heteroatoms. The third-order valence-electron chi connectivity index (χ3n) is 5.71. The van der Waals surface area contributed by atoms with Gasteiger partial charge in [-0.3, -0.25) is 4.79 Å². The summed E-state index contributed by atoms with van der Waals surface area (Å²) in [6.07, 6.45) is 4.97. The van der Waals surface area contributed by atoms with Crippen LogP contribution in [0.15, 0.2) is 18.3 Å². The van der Waals surface area contributed by atoms with Crippen molar-refractivity contribution in [2.75, 3.05) is 39.8 Å². The Morgan fingerprint density at radius 2 is 1.90 bits per heavy atom. The van der Waals surface area contributed by atoms with Crippen LogP contribution in [-0.2, 0) is 11.2 Å². The van der Waals surface area contributed by atoms with E-state index in [-0.39, 0.29) is 17.8 Å². The van der Waals surface area contributed by atoms with E-state index < -0.39 is 0 Å². The number of anilines is 1. The van der Waals surface area contributed by atoms with E-state index in [0.29, 0.717) is 48.1 Å². The van der Waals surface area contributed by atoms with Gasteiger partial charge in [0.1, 0.15) is 0 Å². The van der Waals surface area contributed by atoms with Crippen LogP contribution in [-0.4, -0.2) is 56.3 Å². The molecule has 4 rings (SSSR count). The van der Waals surface area contributed by atoms with E-state index in [0.717, 1.165) is 30.7 Å². The summed E-state index contributed by atoms with van der Waals surface area (Å²) in [5, 5.41) is 3.24. The Hall–Kier alpha value is -2.87. The van der Waals surface area contributed by atoms with E-state index in [1.54, 1.807) is 27.5 Å². The second kappa shape index (κ2) is 8.87. The number of benzene rings is 1. The first-order valence-corrected chi connectivity index (χ1v) is 10.2. The molecule has 2 unspecified atom stereocenters. The van der Waals surface area contributed by atoms with Gasteiger partial charge in [-0.15, -0.1) is 0 Å². The summed E-state index contributed by atoms with van der Waals surface area (Å²) in [6.45, 7) is 1.48. The number of rotatable bonds is 7. The Kier molecular flexibility index (Phi) is 6.03. The topological polar surface area (TPSA) is 91.8 Å². The molecule has 8 nitrogen and oxygen atoms in total. The highest BCUT2D eigenvalue weighted by atomic mass is 16.5. The number of nitrogens with one attached hydrogen (secondary N) is 1. The molecule has 2 atom stereocenters. The molecule has 2 aromatic rings. The van der Waals surface area contributed by atoms with Crippen LogP contribution in [0, 0.1) is 0 Å². The van der Waals surface area contributed by atoms with Crippen LogP contribution in [0.4, 0.5) is 5.95 Å². The van der Waals surface area contributed by atoms with Gasteiger partial charge in [-0.1, -0.05) is 0 Å². The normalized spacial score (nSPS) is 20.6. The molecule has 1 aromatic heterocycles. The maximum absolute atomic E-state index is 12.8. The molecular weight excluding hydrogens is 386 g/mol. The fraction of sp³-hybridized carbons (Fsp3) is 0.500. The smallest absolute Gasteiger partial charge is 0.222 e. The molecule has 1 saturated heterocycles. The van der Waals surface area contributed by atoms with E-state index in [4.69, 9.17) is 18.9 Å². The molecular formula is C22H27N3O5. The number of nitrogens with zero attached hydrogens (tertiary/aromatic N) is 2. The summed E-state index contributed by atoms with van der Waals surface area (Å²) in [6, 6.07) is 3.81. The van der Waals surface area contributed by atoms with E-state index in [2.05, 4.69) is 15.3 Å². The largest absolute Gasteiger partial charge is 0.493 e. The number of hydrogen-bond donors (Lipinski definition) is 1. The van der Waals surface area contributed by atoms with E-state index >= 15 is 0 Å². The van der Waals surface area contributed by atoms with Crippen LogP contribution >= 0.6 is 0 Å². The van der Waals surface area contributed by atoms with Gasteiger partial charge >= 0.3 is 0 Å². The van der Waals surface area contributed by atoms with Crippen molar-refractivity contribution in [3.8, 4) is 17.2 Å². The van der Waals surface area contributed by atoms with Crippen molar-refractivity contribution in [1.82, 2.24) is 9.97 Å². The van der Waals surface area contributed by atoms with Gasteiger partial charge in [0.15, 0.2) is 17.3 Å². The number of carbonyl (C=O) groups is 1. The van der Waals surface area contributed by atoms with Crippen LogP contribution in [0.1, 0.15) is 46.8 Å². The number of carbonyl (C=O) groups excluding carboxylic acids is 1. The molecule has 1 N–H and O–H groups in total. The average Bonchev–Trinajstić information content (AvgIpc) is 3.30. The van der Waals surface area contributed by atoms with Gasteiger partial charge in [-0.2, -0.15) is 0 Å². The lowest BCUT2D eigenvalue weighted by atomic mass is 9.82. The fourth-order valence-corrected chi connectivity index (χ4v) is 4.11. The van der Waals surface area contributed by atoms with Crippen molar-refractivity contribution < 1.29 is 23.7 Å². The summed E-state index contributed by atoms with van der Waals surface area (Å²) >= 11 is 0. The van der Waals surface area contributed by atoms with Crippen molar-refractivity contribution in [2.24, 2.45) is 0 Å². The van der Waals surface area contributed by atoms with Crippen molar-refractivity contribution in [3.63, 3.8) is 0 Å². The van der Waals surface area contributed by atoms with Crippen LogP contribution < -0.4 is 19.5 Å². The lowest BCUT2D eigenvalue weighted by Crippen LogP contribution is -2.23. The number of methoxy groups -OCH3 is 3. The van der Waals surface area contributed by atoms with Gasteiger partial charge < -0.3 is 24.3 Å². The molecule has 1 aromatic carbocycles. The highest BCUT2D eigenvalue weighted by Crippen LogP contribution is 2.42. The Morgan fingerprint density at radius 1 is 1.13 bits per heavy atom. The zero-order valence-corrected chi connectivity index (χ0v) is 17.6. The molecule has 1 aliphatic heterocycles. The van der Waals surface area contributed by atoms with Crippen LogP contribution in [0.2, 0.25) is 0 Å². The molecule has 160 valence electrons. The Bertz CT molecular complexity index is 902. The van der Waals surface area contributed by atoms with Gasteiger partial charge in [0.25, 0.3) is 0 Å². The van der Waals surface area contributed by atoms with Crippen molar-refractivity contribution in [1.29, 1.82) is 0 Å². The minimum atomic E-state index is -0.0281.